The van der Waals surface area contributed by atoms with Gasteiger partial charge in [0, 0.05) is 19.1 Å². The second kappa shape index (κ2) is 4.57. The molecule has 2 fully saturated rings. The first-order valence-electron chi connectivity index (χ1n) is 5.44. The van der Waals surface area contributed by atoms with Crippen LogP contribution < -0.4 is 0 Å². The number of aliphatic hydroxyl groups excluding tert-OH is 2. The number of aliphatic hydroxyl groups is 2. The lowest BCUT2D eigenvalue weighted by atomic mass is 10.2. The van der Waals surface area contributed by atoms with E-state index in [9.17, 15) is 5.11 Å². The predicted molar refractivity (Wildman–Crippen MR) is 52.0 cm³/mol. The standard InChI is InChI=1S/C10H19NO3/c12-7-8-5-9(13)6-11(8)3-4-14-10-1-2-10/h8-10,12-13H,1-7H2/t8-,9-/m0/s1. The van der Waals surface area contributed by atoms with E-state index in [4.69, 9.17) is 9.84 Å². The van der Waals surface area contributed by atoms with Crippen molar-refractivity contribution in [2.45, 2.75) is 37.5 Å². The lowest BCUT2D eigenvalue weighted by molar-refractivity contribution is 0.0741. The summed E-state index contributed by atoms with van der Waals surface area (Å²) < 4.78 is 5.54. The molecule has 2 rings (SSSR count). The number of ether oxygens (including phenoxy) is 1. The smallest absolute Gasteiger partial charge is 0.0683 e. The second-order valence-electron chi connectivity index (χ2n) is 4.29. The Hall–Kier alpha value is -0.160. The summed E-state index contributed by atoms with van der Waals surface area (Å²) in [7, 11) is 0. The molecule has 1 aliphatic carbocycles. The minimum atomic E-state index is -0.270. The average molecular weight is 201 g/mol. The number of β-amino-alcohol motifs (C(OH)–C–C–N with tert-alkyl or cyclic N) is 1. The highest BCUT2D eigenvalue weighted by Crippen LogP contribution is 2.23. The molecule has 0 amide bonds. The molecule has 2 N–H and O–H groups in total. The largest absolute Gasteiger partial charge is 0.395 e. The summed E-state index contributed by atoms with van der Waals surface area (Å²) in [5.41, 5.74) is 0. The molecule has 4 nitrogen and oxygen atoms in total. The average Bonchev–Trinajstić information content (AvgIpc) is 2.90. The molecular formula is C10H19NO3. The summed E-state index contributed by atoms with van der Waals surface area (Å²) in [6, 6.07) is 0.132. The van der Waals surface area contributed by atoms with Gasteiger partial charge in [0.1, 0.15) is 0 Å². The Balaban J connectivity index is 1.66. The first-order valence-corrected chi connectivity index (χ1v) is 5.44. The fraction of sp³-hybridized carbons (Fsp3) is 1.00. The summed E-state index contributed by atoms with van der Waals surface area (Å²) in [4.78, 5) is 2.12. The molecule has 0 radical (unpaired) electrons. The van der Waals surface area contributed by atoms with Gasteiger partial charge in [-0.2, -0.15) is 0 Å². The molecule has 1 saturated heterocycles. The molecule has 1 aliphatic heterocycles. The van der Waals surface area contributed by atoms with Gasteiger partial charge in [-0.25, -0.2) is 0 Å². The number of hydrogen-bond donors (Lipinski definition) is 2. The van der Waals surface area contributed by atoms with E-state index in [1.54, 1.807) is 0 Å². The Morgan fingerprint density at radius 3 is 2.79 bits per heavy atom. The van der Waals surface area contributed by atoms with Gasteiger partial charge in [0.15, 0.2) is 0 Å². The third-order valence-electron chi connectivity index (χ3n) is 2.97. The zero-order valence-electron chi connectivity index (χ0n) is 8.43. The summed E-state index contributed by atoms with van der Waals surface area (Å²) >= 11 is 0. The van der Waals surface area contributed by atoms with Crippen LogP contribution in [0, 0.1) is 0 Å². The Bertz CT molecular complexity index is 184. The van der Waals surface area contributed by atoms with Gasteiger partial charge in [-0.05, 0) is 19.3 Å². The Labute approximate surface area is 84.5 Å². The normalized spacial score (nSPS) is 33.9. The fourth-order valence-corrected chi connectivity index (χ4v) is 1.99. The van der Waals surface area contributed by atoms with Gasteiger partial charge in [-0.15, -0.1) is 0 Å². The van der Waals surface area contributed by atoms with Gasteiger partial charge < -0.3 is 14.9 Å². The lowest BCUT2D eigenvalue weighted by Crippen LogP contribution is -2.35. The van der Waals surface area contributed by atoms with Crippen LogP contribution in [0.4, 0.5) is 0 Å². The van der Waals surface area contributed by atoms with Crippen molar-refractivity contribution in [1.29, 1.82) is 0 Å². The highest BCUT2D eigenvalue weighted by atomic mass is 16.5. The van der Waals surface area contributed by atoms with Crippen LogP contribution in [-0.4, -0.2) is 59.7 Å². The summed E-state index contributed by atoms with van der Waals surface area (Å²) in [6.07, 6.45) is 3.32. The van der Waals surface area contributed by atoms with Crippen molar-refractivity contribution in [3.8, 4) is 0 Å². The minimum absolute atomic E-state index is 0.132. The molecule has 0 aromatic heterocycles. The van der Waals surface area contributed by atoms with Crippen molar-refractivity contribution in [1.82, 2.24) is 4.90 Å². The quantitative estimate of drug-likeness (QED) is 0.635. The van der Waals surface area contributed by atoms with Gasteiger partial charge in [0.2, 0.25) is 0 Å². The van der Waals surface area contributed by atoms with E-state index in [-0.39, 0.29) is 18.8 Å². The Morgan fingerprint density at radius 2 is 2.14 bits per heavy atom. The monoisotopic (exact) mass is 201 g/mol. The van der Waals surface area contributed by atoms with Crippen LogP contribution >= 0.6 is 0 Å². The van der Waals surface area contributed by atoms with Crippen LogP contribution in [0.2, 0.25) is 0 Å². The number of hydrogen-bond acceptors (Lipinski definition) is 4. The van der Waals surface area contributed by atoms with E-state index < -0.39 is 0 Å². The highest BCUT2D eigenvalue weighted by molar-refractivity contribution is 4.84. The van der Waals surface area contributed by atoms with E-state index in [0.717, 1.165) is 13.2 Å². The molecule has 1 saturated carbocycles. The van der Waals surface area contributed by atoms with E-state index >= 15 is 0 Å². The van der Waals surface area contributed by atoms with Gasteiger partial charge >= 0.3 is 0 Å². The van der Waals surface area contributed by atoms with Crippen molar-refractivity contribution >= 4 is 0 Å². The topological polar surface area (TPSA) is 52.9 Å². The molecule has 0 spiro atoms. The maximum Gasteiger partial charge on any atom is 0.0683 e. The molecule has 4 heteroatoms. The van der Waals surface area contributed by atoms with Crippen LogP contribution in [0.15, 0.2) is 0 Å². The molecule has 0 bridgehead atoms. The molecule has 82 valence electrons. The summed E-state index contributed by atoms with van der Waals surface area (Å²) in [6.45, 7) is 2.38. The molecule has 14 heavy (non-hydrogen) atoms. The SMILES string of the molecule is OC[C@@H]1C[C@H](O)CN1CCOC1CC1. The third-order valence-corrected chi connectivity index (χ3v) is 2.97. The van der Waals surface area contributed by atoms with Crippen LogP contribution in [0.5, 0.6) is 0 Å². The van der Waals surface area contributed by atoms with Crippen molar-refractivity contribution in [3.63, 3.8) is 0 Å². The van der Waals surface area contributed by atoms with E-state index in [1.165, 1.54) is 12.8 Å². The Kier molecular flexibility index (Phi) is 3.38. The van der Waals surface area contributed by atoms with Crippen LogP contribution in [0.3, 0.4) is 0 Å². The molecular weight excluding hydrogens is 182 g/mol. The summed E-state index contributed by atoms with van der Waals surface area (Å²) in [5.74, 6) is 0. The second-order valence-corrected chi connectivity index (χ2v) is 4.29. The number of rotatable bonds is 5. The first kappa shape index (κ1) is 10.4. The van der Waals surface area contributed by atoms with E-state index in [1.807, 2.05) is 0 Å². The molecule has 0 aromatic rings. The van der Waals surface area contributed by atoms with Crippen molar-refractivity contribution < 1.29 is 14.9 Å². The molecule has 0 aromatic carbocycles. The van der Waals surface area contributed by atoms with Gasteiger partial charge in [0.05, 0.1) is 25.4 Å². The Morgan fingerprint density at radius 1 is 1.36 bits per heavy atom. The molecule has 2 aliphatic rings. The van der Waals surface area contributed by atoms with Gasteiger partial charge in [-0.1, -0.05) is 0 Å². The van der Waals surface area contributed by atoms with Crippen LogP contribution in [0.1, 0.15) is 19.3 Å². The van der Waals surface area contributed by atoms with E-state index in [0.29, 0.717) is 19.1 Å². The number of nitrogens with zero attached hydrogens (tertiary/aromatic N) is 1. The maximum atomic E-state index is 9.43. The van der Waals surface area contributed by atoms with Gasteiger partial charge in [0.25, 0.3) is 0 Å². The van der Waals surface area contributed by atoms with Crippen LogP contribution in [-0.2, 0) is 4.74 Å². The van der Waals surface area contributed by atoms with Crippen molar-refractivity contribution in [3.05, 3.63) is 0 Å². The van der Waals surface area contributed by atoms with Gasteiger partial charge in [-0.3, -0.25) is 4.90 Å². The number of likely N-dealkylation sites (tertiary alicyclic amines) is 1. The zero-order chi connectivity index (χ0) is 9.97. The minimum Gasteiger partial charge on any atom is -0.395 e. The molecule has 1 heterocycles. The third kappa shape index (κ3) is 2.67. The first-order chi connectivity index (χ1) is 6.79. The fourth-order valence-electron chi connectivity index (χ4n) is 1.99. The summed E-state index contributed by atoms with van der Waals surface area (Å²) in [5, 5.41) is 18.5. The molecule has 0 unspecified atom stereocenters. The molecule has 2 atom stereocenters. The lowest BCUT2D eigenvalue weighted by Gasteiger charge is -2.21. The maximum absolute atomic E-state index is 9.43. The predicted octanol–water partition coefficient (Wildman–Crippen LogP) is -0.407. The highest BCUT2D eigenvalue weighted by Gasteiger charge is 2.30. The zero-order valence-corrected chi connectivity index (χ0v) is 8.43. The van der Waals surface area contributed by atoms with Crippen molar-refractivity contribution in [2.75, 3.05) is 26.3 Å². The van der Waals surface area contributed by atoms with E-state index in [2.05, 4.69) is 4.90 Å². The van der Waals surface area contributed by atoms with Crippen LogP contribution in [0.25, 0.3) is 0 Å². The van der Waals surface area contributed by atoms with Crippen molar-refractivity contribution in [2.24, 2.45) is 0 Å².